The standard InChI is InChI=1S/C29H23BNO2.ClH/c32-30(33)26-17-10-18-27(21-26)31-28(23-13-6-2-7-14-23)19-25(22-11-4-1-5-12-22)20-29(31)24-15-8-3-9-16-24;/h1-21,32-33H;1H/q+1;/p-1. The van der Waals surface area contributed by atoms with Crippen molar-refractivity contribution in [3.8, 4) is 39.3 Å². The van der Waals surface area contributed by atoms with Gasteiger partial charge in [0.15, 0.2) is 0 Å². The first-order valence-electron chi connectivity index (χ1n) is 10.9. The lowest BCUT2D eigenvalue weighted by atomic mass is 9.80. The fourth-order valence-electron chi connectivity index (χ4n) is 4.14. The lowest BCUT2D eigenvalue weighted by Crippen LogP contribution is -3.00. The molecule has 5 aromatic rings. The molecule has 2 N–H and O–H groups in total. The number of benzene rings is 4. The van der Waals surface area contributed by atoms with Gasteiger partial charge in [0.05, 0.1) is 0 Å². The number of nitrogens with zero attached hydrogens (tertiary/aromatic N) is 1. The Morgan fingerprint density at radius 1 is 0.471 bits per heavy atom. The number of halogens is 1. The highest BCUT2D eigenvalue weighted by molar-refractivity contribution is 6.58. The molecule has 5 heteroatoms. The van der Waals surface area contributed by atoms with Gasteiger partial charge >= 0.3 is 7.12 Å². The molecular formula is C29H23BClNO2. The Balaban J connectivity index is 0.00000274. The van der Waals surface area contributed by atoms with Crippen molar-refractivity contribution < 1.29 is 27.0 Å². The van der Waals surface area contributed by atoms with Gasteiger partial charge in [0.25, 0.3) is 0 Å². The topological polar surface area (TPSA) is 44.3 Å². The molecule has 3 nitrogen and oxygen atoms in total. The second-order valence-electron chi connectivity index (χ2n) is 7.92. The van der Waals surface area contributed by atoms with Crippen LogP contribution in [0.5, 0.6) is 0 Å². The quantitative estimate of drug-likeness (QED) is 0.307. The number of pyridine rings is 1. The van der Waals surface area contributed by atoms with Gasteiger partial charge in [-0.3, -0.25) is 0 Å². The molecule has 0 unspecified atom stereocenters. The minimum absolute atomic E-state index is 0. The first-order chi connectivity index (χ1) is 16.2. The highest BCUT2D eigenvalue weighted by Crippen LogP contribution is 2.30. The van der Waals surface area contributed by atoms with Crippen molar-refractivity contribution in [1.29, 1.82) is 0 Å². The van der Waals surface area contributed by atoms with E-state index in [4.69, 9.17) is 0 Å². The molecule has 0 spiro atoms. The first-order valence-corrected chi connectivity index (χ1v) is 10.9. The van der Waals surface area contributed by atoms with Gasteiger partial charge < -0.3 is 22.5 Å². The number of rotatable bonds is 5. The van der Waals surface area contributed by atoms with Crippen LogP contribution in [0.1, 0.15) is 0 Å². The molecule has 1 heterocycles. The summed E-state index contributed by atoms with van der Waals surface area (Å²) in [5, 5.41) is 19.6. The highest BCUT2D eigenvalue weighted by Gasteiger charge is 2.26. The van der Waals surface area contributed by atoms with Crippen LogP contribution < -0.4 is 22.4 Å². The molecule has 1 aromatic heterocycles. The van der Waals surface area contributed by atoms with Crippen molar-refractivity contribution in [3.05, 3.63) is 127 Å². The minimum atomic E-state index is -1.53. The highest BCUT2D eigenvalue weighted by atomic mass is 35.5. The van der Waals surface area contributed by atoms with Crippen molar-refractivity contribution in [2.24, 2.45) is 0 Å². The van der Waals surface area contributed by atoms with E-state index in [0.717, 1.165) is 39.3 Å². The third-order valence-electron chi connectivity index (χ3n) is 5.74. The van der Waals surface area contributed by atoms with Gasteiger partial charge in [0, 0.05) is 35.4 Å². The molecular weight excluding hydrogens is 441 g/mol. The molecule has 0 saturated heterocycles. The van der Waals surface area contributed by atoms with Gasteiger partial charge in [0.2, 0.25) is 17.1 Å². The SMILES string of the molecule is OB(O)c1cccc(-[n+]2c(-c3ccccc3)cc(-c3ccccc3)cc2-c2ccccc2)c1.[Cl-]. The Kier molecular flexibility index (Phi) is 7.24. The van der Waals surface area contributed by atoms with Gasteiger partial charge in [-0.05, 0) is 40.9 Å². The molecule has 0 bridgehead atoms. The smallest absolute Gasteiger partial charge is 0.488 e. The van der Waals surface area contributed by atoms with Gasteiger partial charge in [-0.1, -0.05) is 78.9 Å². The number of hydrogen-bond acceptors (Lipinski definition) is 2. The lowest BCUT2D eigenvalue weighted by molar-refractivity contribution is -0.572. The molecule has 5 rings (SSSR count). The average molecular weight is 464 g/mol. The molecule has 34 heavy (non-hydrogen) atoms. The predicted molar refractivity (Wildman–Crippen MR) is 134 cm³/mol. The molecule has 0 aliphatic carbocycles. The van der Waals surface area contributed by atoms with Crippen LogP contribution in [0.25, 0.3) is 39.3 Å². The summed E-state index contributed by atoms with van der Waals surface area (Å²) in [4.78, 5) is 0. The third kappa shape index (κ3) is 4.80. The first kappa shape index (κ1) is 23.5. The van der Waals surface area contributed by atoms with Gasteiger partial charge in [-0.2, -0.15) is 4.57 Å². The maximum Gasteiger partial charge on any atom is 0.488 e. The second kappa shape index (κ2) is 10.5. The van der Waals surface area contributed by atoms with Crippen LogP contribution in [0.15, 0.2) is 127 Å². The molecule has 0 atom stereocenters. The summed E-state index contributed by atoms with van der Waals surface area (Å²) in [6.45, 7) is 0. The molecule has 0 aliphatic heterocycles. The summed E-state index contributed by atoms with van der Waals surface area (Å²) in [6, 6.07) is 42.7. The van der Waals surface area contributed by atoms with Crippen LogP contribution in [0.3, 0.4) is 0 Å². The average Bonchev–Trinajstić information content (AvgIpc) is 2.89. The predicted octanol–water partition coefficient (Wildman–Crippen LogP) is 1.65. The van der Waals surface area contributed by atoms with Crippen LogP contribution in [0.2, 0.25) is 0 Å². The Labute approximate surface area is 206 Å². The Hall–Kier alpha value is -3.70. The fraction of sp³-hybridized carbons (Fsp3) is 0. The lowest BCUT2D eigenvalue weighted by Gasteiger charge is -2.13. The molecule has 0 amide bonds. The van der Waals surface area contributed by atoms with E-state index in [-0.39, 0.29) is 12.4 Å². The van der Waals surface area contributed by atoms with Crippen molar-refractivity contribution >= 4 is 12.6 Å². The van der Waals surface area contributed by atoms with Crippen molar-refractivity contribution in [2.75, 3.05) is 0 Å². The van der Waals surface area contributed by atoms with E-state index in [1.165, 1.54) is 0 Å². The van der Waals surface area contributed by atoms with Crippen molar-refractivity contribution in [3.63, 3.8) is 0 Å². The number of hydrogen-bond donors (Lipinski definition) is 2. The van der Waals surface area contributed by atoms with E-state index in [1.807, 2.05) is 72.8 Å². The third-order valence-corrected chi connectivity index (χ3v) is 5.74. The zero-order chi connectivity index (χ0) is 22.6. The molecule has 0 aliphatic rings. The second-order valence-corrected chi connectivity index (χ2v) is 7.92. The summed E-state index contributed by atoms with van der Waals surface area (Å²) in [5.41, 5.74) is 7.73. The molecule has 0 saturated carbocycles. The van der Waals surface area contributed by atoms with Crippen LogP contribution in [-0.4, -0.2) is 17.2 Å². The van der Waals surface area contributed by atoms with Crippen LogP contribution in [-0.2, 0) is 0 Å². The molecule has 166 valence electrons. The van der Waals surface area contributed by atoms with Gasteiger partial charge in [-0.25, -0.2) is 0 Å². The zero-order valence-corrected chi connectivity index (χ0v) is 19.2. The summed E-state index contributed by atoms with van der Waals surface area (Å²) in [5.74, 6) is 0. The Morgan fingerprint density at radius 2 is 0.941 bits per heavy atom. The fourth-order valence-corrected chi connectivity index (χ4v) is 4.14. The van der Waals surface area contributed by atoms with Gasteiger partial charge in [0.1, 0.15) is 0 Å². The summed E-state index contributed by atoms with van der Waals surface area (Å²) < 4.78 is 2.18. The van der Waals surface area contributed by atoms with E-state index in [9.17, 15) is 10.0 Å². The molecule has 0 fully saturated rings. The van der Waals surface area contributed by atoms with E-state index in [2.05, 4.69) is 53.1 Å². The van der Waals surface area contributed by atoms with E-state index >= 15 is 0 Å². The van der Waals surface area contributed by atoms with E-state index < -0.39 is 7.12 Å². The van der Waals surface area contributed by atoms with Crippen molar-refractivity contribution in [2.45, 2.75) is 0 Å². The number of aromatic nitrogens is 1. The molecule has 0 radical (unpaired) electrons. The minimum Gasteiger partial charge on any atom is -1.00 e. The zero-order valence-electron chi connectivity index (χ0n) is 18.4. The van der Waals surface area contributed by atoms with Crippen LogP contribution in [0.4, 0.5) is 0 Å². The Morgan fingerprint density at radius 3 is 1.41 bits per heavy atom. The van der Waals surface area contributed by atoms with Gasteiger partial charge in [-0.15, -0.1) is 0 Å². The monoisotopic (exact) mass is 463 g/mol. The summed E-state index contributed by atoms with van der Waals surface area (Å²) in [6.07, 6.45) is 0. The van der Waals surface area contributed by atoms with E-state index in [0.29, 0.717) is 5.46 Å². The normalized spacial score (nSPS) is 10.4. The maximum atomic E-state index is 9.81. The van der Waals surface area contributed by atoms with E-state index in [1.54, 1.807) is 6.07 Å². The van der Waals surface area contributed by atoms with Crippen molar-refractivity contribution in [1.82, 2.24) is 0 Å². The maximum absolute atomic E-state index is 9.81. The van der Waals surface area contributed by atoms with Crippen LogP contribution >= 0.6 is 0 Å². The summed E-state index contributed by atoms with van der Waals surface area (Å²) in [7, 11) is -1.53. The summed E-state index contributed by atoms with van der Waals surface area (Å²) >= 11 is 0. The largest absolute Gasteiger partial charge is 1.00 e. The van der Waals surface area contributed by atoms with Crippen LogP contribution in [0, 0.1) is 0 Å². The molecule has 4 aromatic carbocycles. The Bertz CT molecular complexity index is 1320.